The minimum Gasteiger partial charge on any atom is -0.494 e. The Labute approximate surface area is 117 Å². The van der Waals surface area contributed by atoms with Gasteiger partial charge in [-0.05, 0) is 26.5 Å². The molecule has 1 atom stereocenters. The Kier molecular flexibility index (Phi) is 8.26. The van der Waals surface area contributed by atoms with Gasteiger partial charge in [0.05, 0.1) is 19.3 Å². The first-order valence-electron chi connectivity index (χ1n) is 7.30. The smallest absolute Gasteiger partial charge is 0.124 e. The van der Waals surface area contributed by atoms with Crippen molar-refractivity contribution in [2.24, 2.45) is 0 Å². The third-order valence-electron chi connectivity index (χ3n) is 3.12. The number of ether oxygens (including phenoxy) is 2. The molecule has 1 N–H and O–H groups in total. The Hall–Kier alpha value is -1.06. The van der Waals surface area contributed by atoms with Gasteiger partial charge in [0, 0.05) is 12.2 Å². The van der Waals surface area contributed by atoms with Crippen LogP contribution in [0.15, 0.2) is 24.3 Å². The summed E-state index contributed by atoms with van der Waals surface area (Å²) in [4.78, 5) is 0. The molecule has 1 aromatic rings. The van der Waals surface area contributed by atoms with Gasteiger partial charge in [-0.15, -0.1) is 0 Å². The predicted octanol–water partition coefficient (Wildman–Crippen LogP) is 3.55. The van der Waals surface area contributed by atoms with Crippen molar-refractivity contribution in [2.75, 3.05) is 26.9 Å². The summed E-state index contributed by atoms with van der Waals surface area (Å²) >= 11 is 0. The van der Waals surface area contributed by atoms with Gasteiger partial charge in [0.15, 0.2) is 0 Å². The van der Waals surface area contributed by atoms with E-state index < -0.39 is 0 Å². The maximum Gasteiger partial charge on any atom is 0.124 e. The minimum absolute atomic E-state index is 0.185. The molecule has 1 aromatic carbocycles. The lowest BCUT2D eigenvalue weighted by molar-refractivity contribution is 0.109. The molecular weight excluding hydrogens is 238 g/mol. The van der Waals surface area contributed by atoms with E-state index in [1.165, 1.54) is 18.4 Å². The summed E-state index contributed by atoms with van der Waals surface area (Å²) < 4.78 is 11.4. The summed E-state index contributed by atoms with van der Waals surface area (Å²) in [7, 11) is 1.96. The standard InChI is InChI=1S/C16H27NO2/c1-4-6-9-12-18-13-15(17-3)14-10-7-8-11-16(14)19-5-2/h7-8,10-11,15,17H,4-6,9,12-13H2,1-3H3. The molecule has 19 heavy (non-hydrogen) atoms. The summed E-state index contributed by atoms with van der Waals surface area (Å²) in [5.74, 6) is 0.946. The highest BCUT2D eigenvalue weighted by Crippen LogP contribution is 2.25. The zero-order valence-corrected chi connectivity index (χ0v) is 12.4. The van der Waals surface area contributed by atoms with Crippen LogP contribution in [0.2, 0.25) is 0 Å². The molecule has 3 heteroatoms. The van der Waals surface area contributed by atoms with Crippen LogP contribution in [0.5, 0.6) is 5.75 Å². The number of unbranched alkanes of at least 4 members (excludes halogenated alkanes) is 2. The van der Waals surface area contributed by atoms with Crippen molar-refractivity contribution >= 4 is 0 Å². The maximum absolute atomic E-state index is 5.76. The van der Waals surface area contributed by atoms with Crippen LogP contribution in [0.3, 0.4) is 0 Å². The molecule has 1 rings (SSSR count). The topological polar surface area (TPSA) is 30.5 Å². The largest absolute Gasteiger partial charge is 0.494 e. The molecule has 0 saturated carbocycles. The highest BCUT2D eigenvalue weighted by molar-refractivity contribution is 5.36. The lowest BCUT2D eigenvalue weighted by Crippen LogP contribution is -2.22. The average Bonchev–Trinajstić information content (AvgIpc) is 2.44. The Morgan fingerprint density at radius 1 is 1.16 bits per heavy atom. The summed E-state index contributed by atoms with van der Waals surface area (Å²) in [6.45, 7) is 6.42. The Balaban J connectivity index is 2.53. The van der Waals surface area contributed by atoms with E-state index in [0.717, 1.165) is 18.8 Å². The third-order valence-corrected chi connectivity index (χ3v) is 3.12. The number of likely N-dealkylation sites (N-methyl/N-ethyl adjacent to an activating group) is 1. The highest BCUT2D eigenvalue weighted by Gasteiger charge is 2.14. The van der Waals surface area contributed by atoms with Crippen molar-refractivity contribution in [1.29, 1.82) is 0 Å². The van der Waals surface area contributed by atoms with Crippen molar-refractivity contribution in [3.63, 3.8) is 0 Å². The maximum atomic E-state index is 5.76. The summed E-state index contributed by atoms with van der Waals surface area (Å²) in [5, 5.41) is 3.30. The van der Waals surface area contributed by atoms with Crippen LogP contribution in [0.25, 0.3) is 0 Å². The van der Waals surface area contributed by atoms with Crippen molar-refractivity contribution in [3.8, 4) is 5.75 Å². The summed E-state index contributed by atoms with van der Waals surface area (Å²) in [6.07, 6.45) is 3.60. The van der Waals surface area contributed by atoms with E-state index in [0.29, 0.717) is 13.2 Å². The zero-order valence-electron chi connectivity index (χ0n) is 12.4. The third kappa shape index (κ3) is 5.62. The first kappa shape index (κ1) is 16.0. The lowest BCUT2D eigenvalue weighted by Gasteiger charge is -2.20. The second-order valence-corrected chi connectivity index (χ2v) is 4.59. The van der Waals surface area contributed by atoms with Crippen molar-refractivity contribution in [3.05, 3.63) is 29.8 Å². The zero-order chi connectivity index (χ0) is 13.9. The quantitative estimate of drug-likeness (QED) is 0.656. The van der Waals surface area contributed by atoms with Gasteiger partial charge in [-0.25, -0.2) is 0 Å². The molecule has 0 aromatic heterocycles. The molecule has 0 spiro atoms. The average molecular weight is 265 g/mol. The Bertz CT molecular complexity index is 341. The van der Waals surface area contributed by atoms with Gasteiger partial charge in [0.2, 0.25) is 0 Å². The van der Waals surface area contributed by atoms with Gasteiger partial charge >= 0.3 is 0 Å². The number of hydrogen-bond acceptors (Lipinski definition) is 3. The molecule has 0 bridgehead atoms. The van der Waals surface area contributed by atoms with Crippen LogP contribution < -0.4 is 10.1 Å². The van der Waals surface area contributed by atoms with Crippen molar-refractivity contribution in [1.82, 2.24) is 5.32 Å². The van der Waals surface area contributed by atoms with E-state index in [1.807, 2.05) is 32.2 Å². The van der Waals surface area contributed by atoms with E-state index in [1.54, 1.807) is 0 Å². The molecule has 0 radical (unpaired) electrons. The van der Waals surface area contributed by atoms with Crippen LogP contribution >= 0.6 is 0 Å². The molecule has 0 aliphatic rings. The van der Waals surface area contributed by atoms with Gasteiger partial charge in [0.25, 0.3) is 0 Å². The summed E-state index contributed by atoms with van der Waals surface area (Å²) in [5.41, 5.74) is 1.17. The highest BCUT2D eigenvalue weighted by atomic mass is 16.5. The van der Waals surface area contributed by atoms with E-state index >= 15 is 0 Å². The fraction of sp³-hybridized carbons (Fsp3) is 0.625. The summed E-state index contributed by atoms with van der Waals surface area (Å²) in [6, 6.07) is 8.34. The van der Waals surface area contributed by atoms with E-state index in [9.17, 15) is 0 Å². The lowest BCUT2D eigenvalue weighted by atomic mass is 10.1. The molecule has 3 nitrogen and oxygen atoms in total. The van der Waals surface area contributed by atoms with Gasteiger partial charge in [-0.2, -0.15) is 0 Å². The molecule has 0 fully saturated rings. The van der Waals surface area contributed by atoms with Crippen LogP contribution in [-0.2, 0) is 4.74 Å². The molecule has 0 saturated heterocycles. The molecule has 0 amide bonds. The molecule has 0 aliphatic heterocycles. The molecule has 108 valence electrons. The molecule has 1 unspecified atom stereocenters. The van der Waals surface area contributed by atoms with Gasteiger partial charge in [-0.1, -0.05) is 38.0 Å². The van der Waals surface area contributed by atoms with Crippen LogP contribution in [0.1, 0.15) is 44.7 Å². The number of para-hydroxylation sites is 1. The molecular formula is C16H27NO2. The predicted molar refractivity (Wildman–Crippen MR) is 79.8 cm³/mol. The van der Waals surface area contributed by atoms with Gasteiger partial charge < -0.3 is 14.8 Å². The van der Waals surface area contributed by atoms with Crippen molar-refractivity contribution < 1.29 is 9.47 Å². The van der Waals surface area contributed by atoms with Crippen LogP contribution in [0, 0.1) is 0 Å². The number of hydrogen-bond donors (Lipinski definition) is 1. The second kappa shape index (κ2) is 9.82. The van der Waals surface area contributed by atoms with E-state index in [4.69, 9.17) is 9.47 Å². The fourth-order valence-corrected chi connectivity index (χ4v) is 2.04. The fourth-order valence-electron chi connectivity index (χ4n) is 2.04. The first-order chi connectivity index (χ1) is 9.33. The Morgan fingerprint density at radius 2 is 1.95 bits per heavy atom. The van der Waals surface area contributed by atoms with Crippen LogP contribution in [0.4, 0.5) is 0 Å². The first-order valence-corrected chi connectivity index (χ1v) is 7.30. The van der Waals surface area contributed by atoms with Crippen molar-refractivity contribution in [2.45, 2.75) is 39.2 Å². The van der Waals surface area contributed by atoms with E-state index in [2.05, 4.69) is 18.3 Å². The SMILES string of the molecule is CCCCCOCC(NC)c1ccccc1OCC. The minimum atomic E-state index is 0.185. The van der Waals surface area contributed by atoms with Gasteiger partial charge in [-0.3, -0.25) is 0 Å². The van der Waals surface area contributed by atoms with E-state index in [-0.39, 0.29) is 6.04 Å². The molecule has 0 aliphatic carbocycles. The normalized spacial score (nSPS) is 12.4. The Morgan fingerprint density at radius 3 is 2.63 bits per heavy atom. The number of nitrogens with one attached hydrogen (secondary N) is 1. The number of rotatable bonds is 10. The van der Waals surface area contributed by atoms with Crippen LogP contribution in [-0.4, -0.2) is 26.9 Å². The number of benzene rings is 1. The molecule has 0 heterocycles. The monoisotopic (exact) mass is 265 g/mol. The van der Waals surface area contributed by atoms with Gasteiger partial charge in [0.1, 0.15) is 5.75 Å². The second-order valence-electron chi connectivity index (χ2n) is 4.59.